The zero-order chi connectivity index (χ0) is 14.0. The number of hydrogen-bond donors (Lipinski definition) is 2. The van der Waals surface area contributed by atoms with E-state index in [0.717, 1.165) is 11.3 Å². The normalized spacial score (nSPS) is 21.1. The van der Waals surface area contributed by atoms with Crippen LogP contribution in [0.2, 0.25) is 0 Å². The van der Waals surface area contributed by atoms with Crippen LogP contribution in [0.25, 0.3) is 0 Å². The van der Waals surface area contributed by atoms with Gasteiger partial charge in [0, 0.05) is 11.7 Å². The fraction of sp³-hybridized carbons (Fsp3) is 0.357. The third-order valence-electron chi connectivity index (χ3n) is 3.18. The lowest BCUT2D eigenvalue weighted by molar-refractivity contribution is -0.140. The van der Waals surface area contributed by atoms with Gasteiger partial charge < -0.3 is 10.4 Å². The van der Waals surface area contributed by atoms with Crippen molar-refractivity contribution in [2.75, 3.05) is 5.32 Å². The molecular weight excluding hydrogens is 242 g/mol. The van der Waals surface area contributed by atoms with Gasteiger partial charge in [-0.25, -0.2) is 4.98 Å². The number of nitrogens with one attached hydrogen (secondary N) is 1. The average Bonchev–Trinajstić information content (AvgIpc) is 2.77. The Hall–Kier alpha value is -2.35. The summed E-state index contributed by atoms with van der Waals surface area (Å²) in [7, 11) is 0. The van der Waals surface area contributed by atoms with Gasteiger partial charge in [-0.05, 0) is 31.9 Å². The van der Waals surface area contributed by atoms with Crippen LogP contribution >= 0.6 is 0 Å². The molecule has 5 nitrogen and oxygen atoms in total. The fourth-order valence-electron chi connectivity index (χ4n) is 2.25. The Labute approximate surface area is 111 Å². The molecule has 2 atom stereocenters. The summed E-state index contributed by atoms with van der Waals surface area (Å²) in [6.07, 6.45) is 3.98. The molecule has 98 valence electrons. The molecule has 2 unspecified atom stereocenters. The number of carboxylic acid groups (broad SMARTS) is 1. The van der Waals surface area contributed by atoms with Crippen molar-refractivity contribution >= 4 is 11.8 Å². The molecule has 1 aliphatic carbocycles. The van der Waals surface area contributed by atoms with E-state index in [1.807, 2.05) is 26.0 Å². The van der Waals surface area contributed by atoms with Crippen molar-refractivity contribution in [3.8, 4) is 6.07 Å². The molecule has 0 fully saturated rings. The van der Waals surface area contributed by atoms with E-state index in [1.54, 1.807) is 6.08 Å². The lowest BCUT2D eigenvalue weighted by Gasteiger charge is -2.15. The number of aliphatic carboxylic acids is 1. The zero-order valence-electron chi connectivity index (χ0n) is 10.8. The van der Waals surface area contributed by atoms with E-state index >= 15 is 0 Å². The third kappa shape index (κ3) is 2.74. The van der Waals surface area contributed by atoms with Gasteiger partial charge >= 0.3 is 5.97 Å². The summed E-state index contributed by atoms with van der Waals surface area (Å²) in [6, 6.07) is 3.89. The maximum atomic E-state index is 10.9. The molecule has 0 spiro atoms. The number of carbonyl (C=O) groups is 1. The number of aryl methyl sites for hydroxylation is 2. The Morgan fingerprint density at radius 2 is 2.26 bits per heavy atom. The molecule has 1 aromatic heterocycles. The molecule has 1 heterocycles. The van der Waals surface area contributed by atoms with Crippen molar-refractivity contribution in [2.45, 2.75) is 26.3 Å². The predicted octanol–water partition coefficient (Wildman–Crippen LogP) is 2.01. The number of anilines is 1. The molecule has 19 heavy (non-hydrogen) atoms. The molecule has 0 aromatic carbocycles. The van der Waals surface area contributed by atoms with Gasteiger partial charge in [-0.2, -0.15) is 5.26 Å². The van der Waals surface area contributed by atoms with Crippen molar-refractivity contribution in [3.05, 3.63) is 35.0 Å². The topological polar surface area (TPSA) is 86.0 Å². The van der Waals surface area contributed by atoms with Crippen LogP contribution in [-0.4, -0.2) is 22.1 Å². The predicted molar refractivity (Wildman–Crippen MR) is 70.7 cm³/mol. The minimum absolute atomic E-state index is 0.0955. The van der Waals surface area contributed by atoms with E-state index in [4.69, 9.17) is 10.4 Å². The van der Waals surface area contributed by atoms with Crippen LogP contribution < -0.4 is 5.32 Å². The lowest BCUT2D eigenvalue weighted by atomic mass is 10.1. The van der Waals surface area contributed by atoms with E-state index in [9.17, 15) is 4.79 Å². The second kappa shape index (κ2) is 5.11. The Morgan fingerprint density at radius 3 is 2.84 bits per heavy atom. The van der Waals surface area contributed by atoms with E-state index < -0.39 is 11.9 Å². The average molecular weight is 257 g/mol. The van der Waals surface area contributed by atoms with E-state index in [-0.39, 0.29) is 6.04 Å². The van der Waals surface area contributed by atoms with Gasteiger partial charge in [0.1, 0.15) is 11.9 Å². The monoisotopic (exact) mass is 257 g/mol. The van der Waals surface area contributed by atoms with Crippen molar-refractivity contribution in [3.63, 3.8) is 0 Å². The van der Waals surface area contributed by atoms with Crippen LogP contribution in [0.15, 0.2) is 18.2 Å². The van der Waals surface area contributed by atoms with Crippen molar-refractivity contribution in [1.82, 2.24) is 4.98 Å². The van der Waals surface area contributed by atoms with Gasteiger partial charge in [0.05, 0.1) is 11.5 Å². The van der Waals surface area contributed by atoms with Gasteiger partial charge in [-0.3, -0.25) is 4.79 Å². The quantitative estimate of drug-likeness (QED) is 0.809. The molecule has 5 heteroatoms. The SMILES string of the molecule is Cc1cc(C)c(C#N)c(NC2C=CC(C(=O)O)C2)n1. The van der Waals surface area contributed by atoms with Crippen LogP contribution in [0.3, 0.4) is 0 Å². The molecule has 0 aliphatic heterocycles. The molecule has 0 saturated heterocycles. The number of nitriles is 1. The largest absolute Gasteiger partial charge is 0.481 e. The standard InChI is InChI=1S/C14H15N3O2/c1-8-5-9(2)16-13(12(8)7-15)17-11-4-3-10(6-11)14(18)19/h3-5,10-11H,6H2,1-2H3,(H,16,17)(H,18,19). The van der Waals surface area contributed by atoms with Crippen molar-refractivity contribution in [1.29, 1.82) is 5.26 Å². The molecule has 0 bridgehead atoms. The Bertz CT molecular complexity index is 587. The molecule has 1 aromatic rings. The summed E-state index contributed by atoms with van der Waals surface area (Å²) in [5, 5.41) is 21.2. The summed E-state index contributed by atoms with van der Waals surface area (Å²) in [6.45, 7) is 3.73. The first-order valence-corrected chi connectivity index (χ1v) is 6.07. The maximum Gasteiger partial charge on any atom is 0.310 e. The second-order valence-corrected chi connectivity index (χ2v) is 4.73. The van der Waals surface area contributed by atoms with Crippen molar-refractivity contribution < 1.29 is 9.90 Å². The summed E-state index contributed by atoms with van der Waals surface area (Å²) in [5.74, 6) is -0.760. The fourth-order valence-corrected chi connectivity index (χ4v) is 2.25. The summed E-state index contributed by atoms with van der Waals surface area (Å²) in [5.41, 5.74) is 2.21. The van der Waals surface area contributed by atoms with E-state index in [2.05, 4.69) is 16.4 Å². The highest BCUT2D eigenvalue weighted by atomic mass is 16.4. The molecule has 0 radical (unpaired) electrons. The molecule has 2 rings (SSSR count). The lowest BCUT2D eigenvalue weighted by Crippen LogP contribution is -2.20. The highest BCUT2D eigenvalue weighted by Crippen LogP contribution is 2.24. The van der Waals surface area contributed by atoms with Gasteiger partial charge in [0.2, 0.25) is 0 Å². The van der Waals surface area contributed by atoms with Crippen LogP contribution in [0.4, 0.5) is 5.82 Å². The molecule has 2 N–H and O–H groups in total. The Balaban J connectivity index is 2.20. The summed E-state index contributed by atoms with van der Waals surface area (Å²) < 4.78 is 0. The van der Waals surface area contributed by atoms with Gasteiger partial charge in [0.15, 0.2) is 0 Å². The zero-order valence-corrected chi connectivity index (χ0v) is 10.8. The second-order valence-electron chi connectivity index (χ2n) is 4.73. The maximum absolute atomic E-state index is 10.9. The molecule has 1 aliphatic rings. The van der Waals surface area contributed by atoms with Crippen LogP contribution in [0.1, 0.15) is 23.2 Å². The molecular formula is C14H15N3O2. The van der Waals surface area contributed by atoms with Gasteiger partial charge in [-0.15, -0.1) is 0 Å². The number of carboxylic acids is 1. The van der Waals surface area contributed by atoms with Gasteiger partial charge in [0.25, 0.3) is 0 Å². The molecule has 0 saturated carbocycles. The highest BCUT2D eigenvalue weighted by molar-refractivity contribution is 5.73. The minimum Gasteiger partial charge on any atom is -0.481 e. The van der Waals surface area contributed by atoms with Crippen molar-refractivity contribution in [2.24, 2.45) is 5.92 Å². The number of rotatable bonds is 3. The Morgan fingerprint density at radius 1 is 1.53 bits per heavy atom. The van der Waals surface area contributed by atoms with Crippen LogP contribution in [-0.2, 0) is 4.79 Å². The van der Waals surface area contributed by atoms with Crippen LogP contribution in [0.5, 0.6) is 0 Å². The van der Waals surface area contributed by atoms with Gasteiger partial charge in [-0.1, -0.05) is 12.2 Å². The minimum atomic E-state index is -0.825. The summed E-state index contributed by atoms with van der Waals surface area (Å²) >= 11 is 0. The first-order chi connectivity index (χ1) is 9.01. The first-order valence-electron chi connectivity index (χ1n) is 6.07. The van der Waals surface area contributed by atoms with Crippen LogP contribution in [0, 0.1) is 31.1 Å². The van der Waals surface area contributed by atoms with E-state index in [0.29, 0.717) is 17.8 Å². The third-order valence-corrected chi connectivity index (χ3v) is 3.18. The first kappa shape index (κ1) is 13.1. The number of pyridine rings is 1. The molecule has 0 amide bonds. The Kier molecular flexibility index (Phi) is 3.52. The highest BCUT2D eigenvalue weighted by Gasteiger charge is 2.25. The van der Waals surface area contributed by atoms with E-state index in [1.165, 1.54) is 0 Å². The number of hydrogen-bond acceptors (Lipinski definition) is 4. The summed E-state index contributed by atoms with van der Waals surface area (Å²) in [4.78, 5) is 15.2. The smallest absolute Gasteiger partial charge is 0.310 e. The number of nitrogens with zero attached hydrogens (tertiary/aromatic N) is 2. The number of aromatic nitrogens is 1.